The summed E-state index contributed by atoms with van der Waals surface area (Å²) in [6.07, 6.45) is 1.77. The Morgan fingerprint density at radius 2 is 1.95 bits per heavy atom. The lowest BCUT2D eigenvalue weighted by atomic mass is 10.3. The number of rotatable bonds is 4. The number of benzene rings is 1. The first-order valence-corrected chi connectivity index (χ1v) is 7.73. The fraction of sp³-hybridized carbons (Fsp3) is 0.0667. The van der Waals surface area contributed by atoms with Gasteiger partial charge in [-0.05, 0) is 40.2 Å². The van der Waals surface area contributed by atoms with Crippen LogP contribution < -0.4 is 4.74 Å². The Morgan fingerprint density at radius 1 is 1.10 bits per heavy atom. The van der Waals surface area contributed by atoms with Gasteiger partial charge in [0.1, 0.15) is 17.4 Å². The average Bonchev–Trinajstić information content (AvgIpc) is 2.96. The van der Waals surface area contributed by atoms with Crippen LogP contribution in [0.4, 0.5) is 0 Å². The van der Waals surface area contributed by atoms with Gasteiger partial charge in [-0.15, -0.1) is 11.3 Å². The van der Waals surface area contributed by atoms with E-state index >= 15 is 0 Å². The minimum atomic E-state index is 0.450. The second-order valence-corrected chi connectivity index (χ2v) is 5.79. The van der Waals surface area contributed by atoms with Crippen LogP contribution in [0.2, 0.25) is 0 Å². The zero-order valence-corrected chi connectivity index (χ0v) is 12.9. The predicted octanol–water partition coefficient (Wildman–Crippen LogP) is 4.55. The van der Waals surface area contributed by atoms with Crippen LogP contribution in [-0.4, -0.2) is 9.97 Å². The molecule has 100 valence electrons. The van der Waals surface area contributed by atoms with Gasteiger partial charge in [0.05, 0.1) is 15.9 Å². The Hall–Kier alpha value is -1.72. The quantitative estimate of drug-likeness (QED) is 0.695. The van der Waals surface area contributed by atoms with E-state index in [9.17, 15) is 0 Å². The van der Waals surface area contributed by atoms with Crippen LogP contribution in [0.1, 0.15) is 5.69 Å². The van der Waals surface area contributed by atoms with Gasteiger partial charge in [0.15, 0.2) is 0 Å². The molecule has 0 saturated carbocycles. The molecule has 3 nitrogen and oxygen atoms in total. The van der Waals surface area contributed by atoms with Crippen molar-refractivity contribution in [2.24, 2.45) is 0 Å². The van der Waals surface area contributed by atoms with Crippen LogP contribution in [0.25, 0.3) is 10.7 Å². The van der Waals surface area contributed by atoms with Crippen molar-refractivity contribution >= 4 is 27.3 Å². The molecule has 3 aromatic rings. The molecule has 0 aliphatic rings. The summed E-state index contributed by atoms with van der Waals surface area (Å²) in [6.45, 7) is 0.450. The number of hydrogen-bond acceptors (Lipinski definition) is 4. The van der Waals surface area contributed by atoms with E-state index in [1.165, 1.54) is 0 Å². The van der Waals surface area contributed by atoms with E-state index in [1.807, 2.05) is 47.8 Å². The molecule has 2 heterocycles. The van der Waals surface area contributed by atoms with Crippen LogP contribution in [0.3, 0.4) is 0 Å². The third-order valence-corrected chi connectivity index (χ3v) is 4.22. The summed E-state index contributed by atoms with van der Waals surface area (Å²) in [4.78, 5) is 8.84. The van der Waals surface area contributed by atoms with Crippen molar-refractivity contribution in [2.45, 2.75) is 6.61 Å². The Kier molecular flexibility index (Phi) is 4.08. The molecule has 3 rings (SSSR count). The lowest BCUT2D eigenvalue weighted by Crippen LogP contribution is -1.96. The van der Waals surface area contributed by atoms with Gasteiger partial charge in [-0.2, -0.15) is 0 Å². The Bertz CT molecular complexity index is 700. The highest BCUT2D eigenvalue weighted by atomic mass is 79.9. The van der Waals surface area contributed by atoms with Crippen molar-refractivity contribution in [3.05, 3.63) is 64.2 Å². The fourth-order valence-corrected chi connectivity index (χ4v) is 2.87. The van der Waals surface area contributed by atoms with Gasteiger partial charge in [0.25, 0.3) is 0 Å². The second-order valence-electron chi connectivity index (χ2n) is 4.08. The molecule has 0 aliphatic heterocycles. The van der Waals surface area contributed by atoms with Gasteiger partial charge >= 0.3 is 0 Å². The zero-order valence-electron chi connectivity index (χ0n) is 10.5. The summed E-state index contributed by atoms with van der Waals surface area (Å²) in [6, 6.07) is 13.6. The van der Waals surface area contributed by atoms with E-state index in [0.29, 0.717) is 6.61 Å². The maximum Gasteiger partial charge on any atom is 0.142 e. The van der Waals surface area contributed by atoms with Crippen molar-refractivity contribution in [3.8, 4) is 16.5 Å². The first-order valence-electron chi connectivity index (χ1n) is 6.06. The Labute approximate surface area is 129 Å². The highest BCUT2D eigenvalue weighted by Crippen LogP contribution is 2.26. The number of pyridine rings is 1. The summed E-state index contributed by atoms with van der Waals surface area (Å²) >= 11 is 5.04. The number of hydrogen-bond donors (Lipinski definition) is 0. The summed E-state index contributed by atoms with van der Waals surface area (Å²) in [5, 5.41) is 2.91. The Balaban J connectivity index is 1.71. The van der Waals surface area contributed by atoms with Crippen molar-refractivity contribution < 1.29 is 4.74 Å². The lowest BCUT2D eigenvalue weighted by Gasteiger charge is -2.05. The lowest BCUT2D eigenvalue weighted by molar-refractivity contribution is 0.300. The van der Waals surface area contributed by atoms with E-state index in [0.717, 1.165) is 26.6 Å². The number of aromatic nitrogens is 2. The largest absolute Gasteiger partial charge is 0.486 e. The third-order valence-electron chi connectivity index (χ3n) is 2.65. The van der Waals surface area contributed by atoms with Gasteiger partial charge in [-0.3, -0.25) is 4.98 Å². The standard InChI is InChI=1S/C15H11BrN2OS/c16-12-5-1-2-7-14(12)19-9-11-10-20-15(18-11)13-6-3-4-8-17-13/h1-8,10H,9H2. The predicted molar refractivity (Wildman–Crippen MR) is 83.8 cm³/mol. The van der Waals surface area contributed by atoms with Crippen LogP contribution in [0, 0.1) is 0 Å². The molecule has 0 radical (unpaired) electrons. The Morgan fingerprint density at radius 3 is 2.75 bits per heavy atom. The minimum Gasteiger partial charge on any atom is -0.486 e. The third kappa shape index (κ3) is 3.05. The first-order chi connectivity index (χ1) is 9.83. The van der Waals surface area contributed by atoms with E-state index < -0.39 is 0 Å². The molecule has 0 N–H and O–H groups in total. The smallest absolute Gasteiger partial charge is 0.142 e. The molecule has 5 heteroatoms. The molecule has 0 aliphatic carbocycles. The van der Waals surface area contributed by atoms with Crippen LogP contribution >= 0.6 is 27.3 Å². The van der Waals surface area contributed by atoms with E-state index in [-0.39, 0.29) is 0 Å². The molecule has 20 heavy (non-hydrogen) atoms. The van der Waals surface area contributed by atoms with Gasteiger partial charge in [0.2, 0.25) is 0 Å². The molecule has 0 bridgehead atoms. The highest BCUT2D eigenvalue weighted by molar-refractivity contribution is 9.10. The van der Waals surface area contributed by atoms with Gasteiger partial charge in [-0.25, -0.2) is 4.98 Å². The molecule has 1 aromatic carbocycles. The summed E-state index contributed by atoms with van der Waals surface area (Å²) in [5.41, 5.74) is 1.80. The zero-order chi connectivity index (χ0) is 13.8. The topological polar surface area (TPSA) is 35.0 Å². The van der Waals surface area contributed by atoms with Crippen LogP contribution in [0.15, 0.2) is 58.5 Å². The van der Waals surface area contributed by atoms with E-state index in [1.54, 1.807) is 17.5 Å². The molecule has 0 unspecified atom stereocenters. The summed E-state index contributed by atoms with van der Waals surface area (Å²) in [7, 11) is 0. The average molecular weight is 347 g/mol. The molecule has 2 aromatic heterocycles. The van der Waals surface area contributed by atoms with Crippen LogP contribution in [-0.2, 0) is 6.61 Å². The number of thiazole rings is 1. The molecule has 0 saturated heterocycles. The van der Waals surface area contributed by atoms with Crippen molar-refractivity contribution in [3.63, 3.8) is 0 Å². The van der Waals surface area contributed by atoms with Gasteiger partial charge in [0, 0.05) is 11.6 Å². The maximum atomic E-state index is 5.75. The van der Waals surface area contributed by atoms with Crippen molar-refractivity contribution in [1.29, 1.82) is 0 Å². The fourth-order valence-electron chi connectivity index (χ4n) is 1.69. The SMILES string of the molecule is Brc1ccccc1OCc1csc(-c2ccccn2)n1. The molecule has 0 atom stereocenters. The van der Waals surface area contributed by atoms with E-state index in [2.05, 4.69) is 25.9 Å². The second kappa shape index (κ2) is 6.15. The molecular formula is C15H11BrN2OS. The van der Waals surface area contributed by atoms with Crippen LogP contribution in [0.5, 0.6) is 5.75 Å². The van der Waals surface area contributed by atoms with E-state index in [4.69, 9.17) is 4.74 Å². The maximum absolute atomic E-state index is 5.75. The summed E-state index contributed by atoms with van der Waals surface area (Å²) in [5.74, 6) is 0.819. The number of halogens is 1. The number of ether oxygens (including phenoxy) is 1. The van der Waals surface area contributed by atoms with Crippen molar-refractivity contribution in [1.82, 2.24) is 9.97 Å². The molecular weight excluding hydrogens is 336 g/mol. The molecule has 0 amide bonds. The first kappa shape index (κ1) is 13.3. The summed E-state index contributed by atoms with van der Waals surface area (Å²) < 4.78 is 6.69. The monoisotopic (exact) mass is 346 g/mol. The van der Waals surface area contributed by atoms with Crippen molar-refractivity contribution in [2.75, 3.05) is 0 Å². The van der Waals surface area contributed by atoms with Gasteiger partial charge in [-0.1, -0.05) is 18.2 Å². The normalized spacial score (nSPS) is 10.4. The van der Waals surface area contributed by atoms with Gasteiger partial charge < -0.3 is 4.74 Å². The minimum absolute atomic E-state index is 0.450. The highest BCUT2D eigenvalue weighted by Gasteiger charge is 2.07. The number of para-hydroxylation sites is 1. The number of nitrogens with zero attached hydrogens (tertiary/aromatic N) is 2. The molecule has 0 spiro atoms. The molecule has 0 fully saturated rings.